The molecule has 4 heteroatoms. The standard InChI is InChI=1S/C10H11O4/c1-12-8-5-4-7(10(11)14-3)6-9(8)13-2/h4-6H,3H2,1-2H3. The minimum Gasteiger partial charge on any atom is -0.493 e. The largest absolute Gasteiger partial charge is 0.493 e. The maximum absolute atomic E-state index is 11.1. The number of rotatable bonds is 3. The van der Waals surface area contributed by atoms with Crippen LogP contribution in [0.25, 0.3) is 0 Å². The molecule has 0 aliphatic rings. The van der Waals surface area contributed by atoms with Gasteiger partial charge in [-0.15, -0.1) is 0 Å². The van der Waals surface area contributed by atoms with E-state index in [1.54, 1.807) is 12.1 Å². The Labute approximate surface area is 82.4 Å². The van der Waals surface area contributed by atoms with E-state index in [9.17, 15) is 4.79 Å². The van der Waals surface area contributed by atoms with Gasteiger partial charge >= 0.3 is 5.97 Å². The van der Waals surface area contributed by atoms with Crippen LogP contribution in [0.2, 0.25) is 0 Å². The van der Waals surface area contributed by atoms with Crippen LogP contribution in [0.5, 0.6) is 11.5 Å². The Hall–Kier alpha value is -1.71. The van der Waals surface area contributed by atoms with E-state index in [0.717, 1.165) is 0 Å². The topological polar surface area (TPSA) is 44.8 Å². The number of esters is 1. The molecule has 0 bridgehead atoms. The average Bonchev–Trinajstić information content (AvgIpc) is 2.26. The minimum atomic E-state index is -0.508. The maximum Gasteiger partial charge on any atom is 0.338 e. The predicted octanol–water partition coefficient (Wildman–Crippen LogP) is 1.65. The Bertz CT molecular complexity index is 333. The van der Waals surface area contributed by atoms with Gasteiger partial charge in [0.05, 0.1) is 19.8 Å². The highest BCUT2D eigenvalue weighted by Gasteiger charge is 2.10. The quantitative estimate of drug-likeness (QED) is 0.688. The molecule has 0 amide bonds. The van der Waals surface area contributed by atoms with Crippen molar-refractivity contribution in [2.75, 3.05) is 14.2 Å². The molecule has 0 heterocycles. The summed E-state index contributed by atoms with van der Waals surface area (Å²) >= 11 is 0. The summed E-state index contributed by atoms with van der Waals surface area (Å²) in [5.74, 6) is 0.537. The number of benzene rings is 1. The van der Waals surface area contributed by atoms with Crippen molar-refractivity contribution in [3.63, 3.8) is 0 Å². The number of hydrogen-bond donors (Lipinski definition) is 0. The molecule has 0 spiro atoms. The molecule has 0 fully saturated rings. The van der Waals surface area contributed by atoms with E-state index in [4.69, 9.17) is 9.47 Å². The molecule has 0 saturated heterocycles. The van der Waals surface area contributed by atoms with E-state index in [-0.39, 0.29) is 0 Å². The number of ether oxygens (including phenoxy) is 3. The summed E-state index contributed by atoms with van der Waals surface area (Å²) in [5, 5.41) is 0. The van der Waals surface area contributed by atoms with E-state index < -0.39 is 5.97 Å². The van der Waals surface area contributed by atoms with Gasteiger partial charge in [0.25, 0.3) is 0 Å². The first kappa shape index (κ1) is 10.4. The minimum absolute atomic E-state index is 0.373. The smallest absolute Gasteiger partial charge is 0.338 e. The van der Waals surface area contributed by atoms with Crippen molar-refractivity contribution < 1.29 is 19.0 Å². The Morgan fingerprint density at radius 2 is 1.86 bits per heavy atom. The third-order valence-corrected chi connectivity index (χ3v) is 1.75. The van der Waals surface area contributed by atoms with Crippen molar-refractivity contribution in [3.8, 4) is 11.5 Å². The van der Waals surface area contributed by atoms with Gasteiger partial charge in [0.1, 0.15) is 7.11 Å². The highest BCUT2D eigenvalue weighted by atomic mass is 16.5. The lowest BCUT2D eigenvalue weighted by atomic mass is 10.2. The van der Waals surface area contributed by atoms with Crippen molar-refractivity contribution in [2.45, 2.75) is 0 Å². The zero-order valence-corrected chi connectivity index (χ0v) is 8.07. The van der Waals surface area contributed by atoms with E-state index in [1.165, 1.54) is 20.3 Å². The lowest BCUT2D eigenvalue weighted by Gasteiger charge is -2.08. The van der Waals surface area contributed by atoms with Gasteiger partial charge < -0.3 is 14.2 Å². The van der Waals surface area contributed by atoms with Crippen LogP contribution in [0.15, 0.2) is 18.2 Å². The summed E-state index contributed by atoms with van der Waals surface area (Å²) in [7, 11) is 6.06. The predicted molar refractivity (Wildman–Crippen MR) is 50.3 cm³/mol. The van der Waals surface area contributed by atoms with Gasteiger partial charge in [-0.3, -0.25) is 0 Å². The molecule has 0 aliphatic heterocycles. The summed E-state index contributed by atoms with van der Waals surface area (Å²) in [6.07, 6.45) is 0. The fourth-order valence-electron chi connectivity index (χ4n) is 1.05. The molecule has 0 aliphatic carbocycles. The first-order valence-corrected chi connectivity index (χ1v) is 3.91. The summed E-state index contributed by atoms with van der Waals surface area (Å²) in [5.41, 5.74) is 0.373. The van der Waals surface area contributed by atoms with Gasteiger partial charge in [-0.25, -0.2) is 4.79 Å². The highest BCUT2D eigenvalue weighted by Crippen LogP contribution is 2.27. The second kappa shape index (κ2) is 4.50. The molecule has 14 heavy (non-hydrogen) atoms. The fraction of sp³-hybridized carbons (Fsp3) is 0.200. The number of hydrogen-bond acceptors (Lipinski definition) is 4. The van der Waals surface area contributed by atoms with Crippen molar-refractivity contribution in [3.05, 3.63) is 30.9 Å². The van der Waals surface area contributed by atoms with Crippen LogP contribution in [0.3, 0.4) is 0 Å². The summed E-state index contributed by atoms with van der Waals surface area (Å²) in [4.78, 5) is 11.1. The molecule has 1 aromatic carbocycles. The number of methoxy groups -OCH3 is 2. The summed E-state index contributed by atoms with van der Waals surface area (Å²) in [6, 6.07) is 4.74. The van der Waals surface area contributed by atoms with E-state index >= 15 is 0 Å². The molecule has 1 rings (SSSR count). The summed E-state index contributed by atoms with van der Waals surface area (Å²) in [6.45, 7) is 0. The second-order valence-corrected chi connectivity index (χ2v) is 2.50. The van der Waals surface area contributed by atoms with Gasteiger partial charge in [0.2, 0.25) is 0 Å². The zero-order chi connectivity index (χ0) is 10.6. The molecule has 0 aromatic heterocycles. The Morgan fingerprint density at radius 3 is 2.36 bits per heavy atom. The molecule has 1 radical (unpaired) electrons. The van der Waals surface area contributed by atoms with Crippen LogP contribution in [0.4, 0.5) is 0 Å². The van der Waals surface area contributed by atoms with Gasteiger partial charge in [0, 0.05) is 0 Å². The van der Waals surface area contributed by atoms with Gasteiger partial charge in [-0.1, -0.05) is 0 Å². The molecule has 0 saturated carbocycles. The Kier molecular flexibility index (Phi) is 3.34. The third kappa shape index (κ3) is 1.96. The summed E-state index contributed by atoms with van der Waals surface area (Å²) < 4.78 is 14.4. The van der Waals surface area contributed by atoms with Crippen molar-refractivity contribution >= 4 is 5.97 Å². The van der Waals surface area contributed by atoms with Crippen molar-refractivity contribution in [2.24, 2.45) is 0 Å². The maximum atomic E-state index is 11.1. The van der Waals surface area contributed by atoms with Crippen LogP contribution in [-0.2, 0) is 4.74 Å². The van der Waals surface area contributed by atoms with Gasteiger partial charge in [-0.2, -0.15) is 0 Å². The molecule has 0 unspecified atom stereocenters. The average molecular weight is 195 g/mol. The fourth-order valence-corrected chi connectivity index (χ4v) is 1.05. The highest BCUT2D eigenvalue weighted by molar-refractivity contribution is 5.90. The van der Waals surface area contributed by atoms with Crippen molar-refractivity contribution in [1.29, 1.82) is 0 Å². The van der Waals surface area contributed by atoms with Gasteiger partial charge in [0.15, 0.2) is 11.5 Å². The zero-order valence-electron chi connectivity index (χ0n) is 8.07. The van der Waals surface area contributed by atoms with E-state index in [1.807, 2.05) is 0 Å². The molecule has 75 valence electrons. The Morgan fingerprint density at radius 1 is 1.21 bits per heavy atom. The third-order valence-electron chi connectivity index (χ3n) is 1.75. The first-order chi connectivity index (χ1) is 6.72. The Balaban J connectivity index is 3.07. The number of carbonyl (C=O) groups is 1. The SMILES string of the molecule is [CH2]OC(=O)c1ccc(OC)c(OC)c1. The van der Waals surface area contributed by atoms with Crippen molar-refractivity contribution in [1.82, 2.24) is 0 Å². The lowest BCUT2D eigenvalue weighted by Crippen LogP contribution is -2.00. The normalized spacial score (nSPS) is 9.36. The molecular weight excluding hydrogens is 184 g/mol. The molecule has 1 aromatic rings. The molecule has 0 atom stereocenters. The van der Waals surface area contributed by atoms with Crippen LogP contribution < -0.4 is 9.47 Å². The number of carbonyl (C=O) groups excluding carboxylic acids is 1. The molecular formula is C10H11O4. The van der Waals surface area contributed by atoms with Crippen LogP contribution in [0, 0.1) is 7.11 Å². The van der Waals surface area contributed by atoms with E-state index in [2.05, 4.69) is 11.8 Å². The first-order valence-electron chi connectivity index (χ1n) is 3.91. The molecule has 4 nitrogen and oxygen atoms in total. The molecule has 0 N–H and O–H groups in total. The second-order valence-electron chi connectivity index (χ2n) is 2.50. The van der Waals surface area contributed by atoms with Gasteiger partial charge in [-0.05, 0) is 18.2 Å². The van der Waals surface area contributed by atoms with Crippen LogP contribution in [0.1, 0.15) is 10.4 Å². The van der Waals surface area contributed by atoms with E-state index in [0.29, 0.717) is 17.1 Å². The van der Waals surface area contributed by atoms with Crippen LogP contribution in [-0.4, -0.2) is 20.2 Å². The monoisotopic (exact) mass is 195 g/mol. The van der Waals surface area contributed by atoms with Crippen LogP contribution >= 0.6 is 0 Å². The lowest BCUT2D eigenvalue weighted by molar-refractivity contribution is 0.0653.